The lowest BCUT2D eigenvalue weighted by Crippen LogP contribution is -2.39. The Morgan fingerprint density at radius 1 is 1.06 bits per heavy atom. The number of ketones is 1. The molecule has 0 radical (unpaired) electrons. The number of ether oxygens (including phenoxy) is 2. The number of carbonyl (C=O) groups is 2. The molecule has 2 heterocycles. The van der Waals surface area contributed by atoms with E-state index in [2.05, 4.69) is 18.8 Å². The topological polar surface area (TPSA) is 77.9 Å². The Bertz CT molecular complexity index is 1060. The van der Waals surface area contributed by atoms with Gasteiger partial charge in [0.2, 0.25) is 0 Å². The van der Waals surface area contributed by atoms with Crippen molar-refractivity contribution in [2.24, 2.45) is 16.3 Å². The molecule has 0 bridgehead atoms. The van der Waals surface area contributed by atoms with Gasteiger partial charge in [-0.05, 0) is 48.6 Å². The van der Waals surface area contributed by atoms with Gasteiger partial charge in [-0.3, -0.25) is 19.6 Å². The molecule has 1 aliphatic carbocycles. The van der Waals surface area contributed by atoms with Crippen molar-refractivity contribution in [3.05, 3.63) is 71.7 Å². The van der Waals surface area contributed by atoms with Crippen LogP contribution in [-0.2, 0) is 14.3 Å². The smallest absolute Gasteiger partial charge is 0.315 e. The van der Waals surface area contributed by atoms with Gasteiger partial charge < -0.3 is 9.47 Å². The molecule has 0 fully saturated rings. The molecule has 1 aliphatic heterocycles. The first kappa shape index (κ1) is 21.9. The molecule has 2 aliphatic rings. The SMILES string of the molecule is CC1=NC2=C(C(=O)CC(C)(C)C2)[C@@H](c2ccncc2)C1C(=O)OCCOc1ccccc1. The maximum Gasteiger partial charge on any atom is 0.315 e. The number of aliphatic imine (C=N–C) groups is 1. The third-order valence-corrected chi connectivity index (χ3v) is 5.96. The number of aromatic nitrogens is 1. The molecular weight excluding hydrogens is 404 g/mol. The first-order valence-corrected chi connectivity index (χ1v) is 10.9. The minimum absolute atomic E-state index is 0.0551. The largest absolute Gasteiger partial charge is 0.490 e. The molecule has 0 amide bonds. The quantitative estimate of drug-likeness (QED) is 0.495. The second-order valence-electron chi connectivity index (χ2n) is 9.12. The lowest BCUT2D eigenvalue weighted by Gasteiger charge is -2.38. The molecule has 2 atom stereocenters. The van der Waals surface area contributed by atoms with Crippen molar-refractivity contribution in [3.63, 3.8) is 0 Å². The lowest BCUT2D eigenvalue weighted by atomic mass is 9.67. The summed E-state index contributed by atoms with van der Waals surface area (Å²) in [5, 5.41) is 0. The summed E-state index contributed by atoms with van der Waals surface area (Å²) in [5.41, 5.74) is 2.83. The Morgan fingerprint density at radius 3 is 2.50 bits per heavy atom. The van der Waals surface area contributed by atoms with Crippen molar-refractivity contribution in [3.8, 4) is 5.75 Å². The third-order valence-electron chi connectivity index (χ3n) is 5.96. The van der Waals surface area contributed by atoms with Crippen molar-refractivity contribution in [2.75, 3.05) is 13.2 Å². The van der Waals surface area contributed by atoms with Gasteiger partial charge in [-0.2, -0.15) is 0 Å². The van der Waals surface area contributed by atoms with Gasteiger partial charge >= 0.3 is 5.97 Å². The Morgan fingerprint density at radius 2 is 1.78 bits per heavy atom. The highest BCUT2D eigenvalue weighted by Gasteiger charge is 2.46. The minimum atomic E-state index is -0.655. The molecule has 0 saturated heterocycles. The molecule has 4 rings (SSSR count). The summed E-state index contributed by atoms with van der Waals surface area (Å²) in [4.78, 5) is 35.2. The fourth-order valence-corrected chi connectivity index (χ4v) is 4.59. The van der Waals surface area contributed by atoms with Crippen LogP contribution in [0.4, 0.5) is 0 Å². The molecule has 1 aromatic carbocycles. The van der Waals surface area contributed by atoms with Gasteiger partial charge in [-0.15, -0.1) is 0 Å². The first-order valence-electron chi connectivity index (χ1n) is 10.9. The van der Waals surface area contributed by atoms with Gasteiger partial charge in [0.05, 0.1) is 0 Å². The average Bonchev–Trinajstić information content (AvgIpc) is 2.76. The number of esters is 1. The van der Waals surface area contributed by atoms with Crippen molar-refractivity contribution in [2.45, 2.75) is 39.5 Å². The van der Waals surface area contributed by atoms with Crippen LogP contribution in [0, 0.1) is 11.3 Å². The number of pyridine rings is 1. The fraction of sp³-hybridized carbons (Fsp3) is 0.385. The van der Waals surface area contributed by atoms with E-state index in [4.69, 9.17) is 14.5 Å². The van der Waals surface area contributed by atoms with E-state index in [9.17, 15) is 9.59 Å². The van der Waals surface area contributed by atoms with Crippen LogP contribution in [0.1, 0.15) is 45.1 Å². The number of hydrogen-bond acceptors (Lipinski definition) is 6. The Hall–Kier alpha value is -3.28. The van der Waals surface area contributed by atoms with Crippen molar-refractivity contribution >= 4 is 17.5 Å². The van der Waals surface area contributed by atoms with Gasteiger partial charge in [-0.1, -0.05) is 32.0 Å². The Labute approximate surface area is 188 Å². The van der Waals surface area contributed by atoms with E-state index in [0.29, 0.717) is 24.1 Å². The van der Waals surface area contributed by atoms with Crippen LogP contribution in [0.25, 0.3) is 0 Å². The molecule has 1 unspecified atom stereocenters. The maximum absolute atomic E-state index is 13.2. The molecule has 2 aromatic rings. The van der Waals surface area contributed by atoms with Gasteiger partial charge in [0.15, 0.2) is 5.78 Å². The van der Waals surface area contributed by atoms with Gasteiger partial charge in [0.1, 0.15) is 24.9 Å². The highest BCUT2D eigenvalue weighted by molar-refractivity contribution is 6.09. The van der Waals surface area contributed by atoms with Crippen LogP contribution < -0.4 is 4.74 Å². The predicted octanol–water partition coefficient (Wildman–Crippen LogP) is 4.52. The average molecular weight is 433 g/mol. The Kier molecular flexibility index (Phi) is 6.21. The van der Waals surface area contributed by atoms with Gasteiger partial charge in [-0.25, -0.2) is 0 Å². The highest BCUT2D eigenvalue weighted by Crippen LogP contribution is 2.47. The monoisotopic (exact) mass is 432 g/mol. The summed E-state index contributed by atoms with van der Waals surface area (Å²) in [6, 6.07) is 13.1. The summed E-state index contributed by atoms with van der Waals surface area (Å²) >= 11 is 0. The second kappa shape index (κ2) is 9.07. The molecule has 6 heteroatoms. The van der Waals surface area contributed by atoms with E-state index in [0.717, 1.165) is 17.0 Å². The molecule has 32 heavy (non-hydrogen) atoms. The van der Waals surface area contributed by atoms with Crippen molar-refractivity contribution < 1.29 is 19.1 Å². The number of Topliss-reactive ketones (excluding diaryl/α,β-unsaturated/α-hetero) is 1. The molecule has 0 N–H and O–H groups in total. The highest BCUT2D eigenvalue weighted by atomic mass is 16.6. The number of hydrogen-bond donors (Lipinski definition) is 0. The van der Waals surface area contributed by atoms with E-state index in [-0.39, 0.29) is 24.4 Å². The number of benzene rings is 1. The number of allylic oxidation sites excluding steroid dienone is 2. The number of nitrogens with zero attached hydrogens (tertiary/aromatic N) is 2. The van der Waals surface area contributed by atoms with Crippen LogP contribution in [0.3, 0.4) is 0 Å². The Balaban J connectivity index is 1.56. The molecule has 0 spiro atoms. The van der Waals surface area contributed by atoms with E-state index in [1.54, 1.807) is 12.4 Å². The van der Waals surface area contributed by atoms with E-state index >= 15 is 0 Å². The van der Waals surface area contributed by atoms with Crippen molar-refractivity contribution in [1.29, 1.82) is 0 Å². The van der Waals surface area contributed by atoms with Crippen molar-refractivity contribution in [1.82, 2.24) is 4.98 Å². The molecule has 1 aromatic heterocycles. The lowest BCUT2D eigenvalue weighted by molar-refractivity contribution is -0.147. The zero-order valence-electron chi connectivity index (χ0n) is 18.7. The summed E-state index contributed by atoms with van der Waals surface area (Å²) in [6.45, 7) is 6.37. The second-order valence-corrected chi connectivity index (χ2v) is 9.12. The minimum Gasteiger partial charge on any atom is -0.490 e. The fourth-order valence-electron chi connectivity index (χ4n) is 4.59. The van der Waals surface area contributed by atoms with Crippen LogP contribution >= 0.6 is 0 Å². The van der Waals surface area contributed by atoms with Gasteiger partial charge in [0.25, 0.3) is 0 Å². The van der Waals surface area contributed by atoms with E-state index in [1.807, 2.05) is 49.4 Å². The third kappa shape index (κ3) is 4.64. The predicted molar refractivity (Wildman–Crippen MR) is 122 cm³/mol. The summed E-state index contributed by atoms with van der Waals surface area (Å²) in [6.07, 6.45) is 4.52. The zero-order valence-corrected chi connectivity index (χ0v) is 18.7. The number of para-hydroxylation sites is 1. The number of rotatable bonds is 6. The molecule has 0 saturated carbocycles. The standard InChI is InChI=1S/C26H28N2O4/c1-17-22(25(30)32-14-13-31-19-7-5-4-6-8-19)23(18-9-11-27-12-10-18)24-20(28-17)15-26(2,3)16-21(24)29/h4-12,22-23H,13-16H2,1-3H3/t22?,23-/m0/s1. The normalized spacial score (nSPS) is 22.1. The zero-order chi connectivity index (χ0) is 22.7. The van der Waals surface area contributed by atoms with Crippen LogP contribution in [0.5, 0.6) is 5.75 Å². The molecule has 6 nitrogen and oxygen atoms in total. The molecular formula is C26H28N2O4. The van der Waals surface area contributed by atoms with Crippen LogP contribution in [0.2, 0.25) is 0 Å². The van der Waals surface area contributed by atoms with Crippen LogP contribution in [-0.4, -0.2) is 35.7 Å². The van der Waals surface area contributed by atoms with E-state index < -0.39 is 17.8 Å². The molecule has 166 valence electrons. The summed E-state index contributed by atoms with van der Waals surface area (Å²) in [7, 11) is 0. The van der Waals surface area contributed by atoms with E-state index in [1.165, 1.54) is 0 Å². The van der Waals surface area contributed by atoms with Gasteiger partial charge in [0, 0.05) is 41.7 Å². The number of carbonyl (C=O) groups excluding carboxylic acids is 2. The summed E-state index contributed by atoms with van der Waals surface area (Å²) < 4.78 is 11.2. The maximum atomic E-state index is 13.2. The summed E-state index contributed by atoms with van der Waals surface area (Å²) in [5.74, 6) is -0.693. The van der Waals surface area contributed by atoms with Crippen LogP contribution in [0.15, 0.2) is 71.1 Å². The first-order chi connectivity index (χ1) is 15.4.